The van der Waals surface area contributed by atoms with Gasteiger partial charge in [0.1, 0.15) is 17.6 Å². The lowest BCUT2D eigenvalue weighted by molar-refractivity contribution is -0.122. The zero-order valence-electron chi connectivity index (χ0n) is 14.7. The number of allylic oxidation sites excluding steroid dienone is 2. The standard InChI is InChI=1S/C19H26O4/c1-6-22-17-15-11(20)7-18(2,3)9-13(15)23-14-10-19(4,5)8-12(21)16(14)17/h17H,6-10H2,1-5H3. The molecule has 0 spiro atoms. The fourth-order valence-corrected chi connectivity index (χ4v) is 3.95. The maximum atomic E-state index is 12.7. The second kappa shape index (κ2) is 5.30. The lowest BCUT2D eigenvalue weighted by Gasteiger charge is -2.42. The van der Waals surface area contributed by atoms with E-state index in [1.54, 1.807) is 0 Å². The predicted molar refractivity (Wildman–Crippen MR) is 86.6 cm³/mol. The average molecular weight is 318 g/mol. The lowest BCUT2D eigenvalue weighted by atomic mass is 9.70. The largest absolute Gasteiger partial charge is 0.465 e. The highest BCUT2D eigenvalue weighted by Crippen LogP contribution is 2.48. The van der Waals surface area contributed by atoms with Crippen LogP contribution in [0.25, 0.3) is 0 Å². The Kier molecular flexibility index (Phi) is 3.79. The molecule has 0 atom stereocenters. The molecule has 1 heterocycles. The second-order valence-electron chi connectivity index (χ2n) is 8.49. The molecule has 3 rings (SSSR count). The summed E-state index contributed by atoms with van der Waals surface area (Å²) >= 11 is 0. The molecule has 1 aliphatic heterocycles. The summed E-state index contributed by atoms with van der Waals surface area (Å²) in [6.45, 7) is 10.7. The summed E-state index contributed by atoms with van der Waals surface area (Å²) in [7, 11) is 0. The summed E-state index contributed by atoms with van der Waals surface area (Å²) in [4.78, 5) is 25.4. The highest BCUT2D eigenvalue weighted by molar-refractivity contribution is 6.05. The molecule has 0 saturated heterocycles. The van der Waals surface area contributed by atoms with Gasteiger partial charge in [0.25, 0.3) is 0 Å². The molecule has 0 amide bonds. The maximum Gasteiger partial charge on any atom is 0.165 e. The monoisotopic (exact) mass is 318 g/mol. The summed E-state index contributed by atoms with van der Waals surface area (Å²) < 4.78 is 12.0. The Bertz CT molecular complexity index is 582. The van der Waals surface area contributed by atoms with Gasteiger partial charge in [-0.1, -0.05) is 27.7 Å². The Hall–Kier alpha value is -1.42. The van der Waals surface area contributed by atoms with Crippen molar-refractivity contribution in [3.63, 3.8) is 0 Å². The zero-order chi connectivity index (χ0) is 17.0. The molecule has 126 valence electrons. The highest BCUT2D eigenvalue weighted by atomic mass is 16.5. The van der Waals surface area contributed by atoms with Gasteiger partial charge in [-0.2, -0.15) is 0 Å². The molecule has 0 unspecified atom stereocenters. The average Bonchev–Trinajstić information content (AvgIpc) is 2.33. The molecule has 0 aromatic heterocycles. The SMILES string of the molecule is CCOC1C2=C(CC(C)(C)CC2=O)OC2=C1C(=O)CC(C)(C)C2. The summed E-state index contributed by atoms with van der Waals surface area (Å²) in [6, 6.07) is 0. The van der Waals surface area contributed by atoms with Crippen molar-refractivity contribution in [1.29, 1.82) is 0 Å². The topological polar surface area (TPSA) is 52.6 Å². The number of carbonyl (C=O) groups is 2. The fourth-order valence-electron chi connectivity index (χ4n) is 3.95. The Balaban J connectivity index is 2.07. The smallest absolute Gasteiger partial charge is 0.165 e. The summed E-state index contributed by atoms with van der Waals surface area (Å²) in [5.41, 5.74) is 0.939. The molecule has 0 saturated carbocycles. The van der Waals surface area contributed by atoms with Crippen molar-refractivity contribution < 1.29 is 19.1 Å². The Morgan fingerprint density at radius 2 is 1.35 bits per heavy atom. The molecule has 0 aromatic carbocycles. The number of Topliss-reactive ketones (excluding diaryl/α,β-unsaturated/α-hetero) is 2. The van der Waals surface area contributed by atoms with Gasteiger partial charge in [-0.25, -0.2) is 0 Å². The van der Waals surface area contributed by atoms with E-state index < -0.39 is 6.10 Å². The molecule has 0 bridgehead atoms. The molecule has 23 heavy (non-hydrogen) atoms. The first-order chi connectivity index (χ1) is 10.6. The number of hydrogen-bond donors (Lipinski definition) is 0. The van der Waals surface area contributed by atoms with E-state index in [4.69, 9.17) is 9.47 Å². The van der Waals surface area contributed by atoms with Crippen LogP contribution in [-0.4, -0.2) is 24.3 Å². The maximum absolute atomic E-state index is 12.7. The minimum Gasteiger partial charge on any atom is -0.465 e. The van der Waals surface area contributed by atoms with Crippen molar-refractivity contribution in [3.8, 4) is 0 Å². The van der Waals surface area contributed by atoms with Crippen LogP contribution in [0.4, 0.5) is 0 Å². The van der Waals surface area contributed by atoms with Crippen LogP contribution in [-0.2, 0) is 19.1 Å². The second-order valence-corrected chi connectivity index (χ2v) is 8.49. The van der Waals surface area contributed by atoms with Gasteiger partial charge in [0, 0.05) is 32.3 Å². The first kappa shape index (κ1) is 16.4. The van der Waals surface area contributed by atoms with Gasteiger partial charge >= 0.3 is 0 Å². The first-order valence-electron chi connectivity index (χ1n) is 8.45. The molecule has 4 heteroatoms. The normalized spacial score (nSPS) is 26.8. The van der Waals surface area contributed by atoms with Gasteiger partial charge in [0.15, 0.2) is 11.6 Å². The molecular weight excluding hydrogens is 292 g/mol. The van der Waals surface area contributed by atoms with E-state index >= 15 is 0 Å². The van der Waals surface area contributed by atoms with Gasteiger partial charge in [0.2, 0.25) is 0 Å². The highest BCUT2D eigenvalue weighted by Gasteiger charge is 2.47. The minimum atomic E-state index is -0.536. The minimum absolute atomic E-state index is 0.0545. The predicted octanol–water partition coefficient (Wildman–Crippen LogP) is 3.71. The van der Waals surface area contributed by atoms with Crippen molar-refractivity contribution in [2.75, 3.05) is 6.61 Å². The van der Waals surface area contributed by atoms with E-state index in [-0.39, 0.29) is 22.4 Å². The third-order valence-electron chi connectivity index (χ3n) is 4.86. The van der Waals surface area contributed by atoms with Crippen LogP contribution in [0.2, 0.25) is 0 Å². The molecule has 4 nitrogen and oxygen atoms in total. The molecule has 0 aromatic rings. The van der Waals surface area contributed by atoms with Crippen molar-refractivity contribution in [2.45, 2.75) is 66.4 Å². The Labute approximate surface area is 137 Å². The molecule has 0 fully saturated rings. The van der Waals surface area contributed by atoms with Crippen molar-refractivity contribution in [3.05, 3.63) is 22.7 Å². The van der Waals surface area contributed by atoms with E-state index in [1.807, 2.05) is 6.92 Å². The number of carbonyl (C=O) groups excluding carboxylic acids is 2. The van der Waals surface area contributed by atoms with E-state index in [9.17, 15) is 9.59 Å². The van der Waals surface area contributed by atoms with Gasteiger partial charge in [-0.05, 0) is 17.8 Å². The van der Waals surface area contributed by atoms with E-state index in [2.05, 4.69) is 27.7 Å². The fraction of sp³-hybridized carbons (Fsp3) is 0.684. The molecule has 0 N–H and O–H groups in total. The van der Waals surface area contributed by atoms with Crippen LogP contribution in [0, 0.1) is 10.8 Å². The lowest BCUT2D eigenvalue weighted by Crippen LogP contribution is -2.42. The van der Waals surface area contributed by atoms with Crippen molar-refractivity contribution in [1.82, 2.24) is 0 Å². The van der Waals surface area contributed by atoms with Crippen LogP contribution < -0.4 is 0 Å². The number of ketones is 2. The molecule has 3 aliphatic rings. The summed E-state index contributed by atoms with van der Waals surface area (Å²) in [6.07, 6.45) is 1.83. The van der Waals surface area contributed by atoms with Crippen LogP contribution >= 0.6 is 0 Å². The van der Waals surface area contributed by atoms with E-state index in [1.165, 1.54) is 0 Å². The van der Waals surface area contributed by atoms with Crippen molar-refractivity contribution >= 4 is 11.6 Å². The van der Waals surface area contributed by atoms with Gasteiger partial charge in [0.05, 0.1) is 11.1 Å². The molecule has 0 radical (unpaired) electrons. The van der Waals surface area contributed by atoms with Gasteiger partial charge in [-0.3, -0.25) is 9.59 Å². The third kappa shape index (κ3) is 2.89. The summed E-state index contributed by atoms with van der Waals surface area (Å²) in [5.74, 6) is 1.54. The van der Waals surface area contributed by atoms with Gasteiger partial charge < -0.3 is 9.47 Å². The molecular formula is C19H26O4. The zero-order valence-corrected chi connectivity index (χ0v) is 14.7. The quantitative estimate of drug-likeness (QED) is 0.779. The Morgan fingerprint density at radius 3 is 1.74 bits per heavy atom. The van der Waals surface area contributed by atoms with Crippen LogP contribution in [0.1, 0.15) is 60.3 Å². The van der Waals surface area contributed by atoms with E-state index in [0.717, 1.165) is 0 Å². The number of hydrogen-bond acceptors (Lipinski definition) is 4. The van der Waals surface area contributed by atoms with Crippen molar-refractivity contribution in [2.24, 2.45) is 10.8 Å². The van der Waals surface area contributed by atoms with Crippen LogP contribution in [0.5, 0.6) is 0 Å². The van der Waals surface area contributed by atoms with Crippen LogP contribution in [0.15, 0.2) is 22.7 Å². The molecule has 2 aliphatic carbocycles. The van der Waals surface area contributed by atoms with E-state index in [0.29, 0.717) is 55.0 Å². The third-order valence-corrected chi connectivity index (χ3v) is 4.86. The van der Waals surface area contributed by atoms with Gasteiger partial charge in [-0.15, -0.1) is 0 Å². The number of ether oxygens (including phenoxy) is 2. The number of rotatable bonds is 2. The summed E-state index contributed by atoms with van der Waals surface area (Å²) in [5, 5.41) is 0. The Morgan fingerprint density at radius 1 is 0.913 bits per heavy atom. The first-order valence-corrected chi connectivity index (χ1v) is 8.45. The van der Waals surface area contributed by atoms with Crippen LogP contribution in [0.3, 0.4) is 0 Å².